The molecule has 3 heteroatoms. The SMILES string of the molecule is C=Cc1ccc2oc(CN3CCC3)nc2c1. The van der Waals surface area contributed by atoms with Gasteiger partial charge in [-0.15, -0.1) is 0 Å². The molecule has 0 unspecified atom stereocenters. The molecule has 1 aromatic carbocycles. The van der Waals surface area contributed by atoms with Gasteiger partial charge in [-0.05, 0) is 37.2 Å². The van der Waals surface area contributed by atoms with E-state index in [9.17, 15) is 0 Å². The Morgan fingerprint density at radius 3 is 3.00 bits per heavy atom. The molecule has 0 N–H and O–H groups in total. The molecule has 0 amide bonds. The predicted molar refractivity (Wildman–Crippen MR) is 64.0 cm³/mol. The fourth-order valence-corrected chi connectivity index (χ4v) is 1.92. The molecule has 0 aliphatic carbocycles. The normalized spacial score (nSPS) is 16.2. The Balaban J connectivity index is 1.91. The Labute approximate surface area is 94.4 Å². The van der Waals surface area contributed by atoms with Crippen molar-refractivity contribution in [3.63, 3.8) is 0 Å². The van der Waals surface area contributed by atoms with Crippen LogP contribution in [0.4, 0.5) is 0 Å². The largest absolute Gasteiger partial charge is 0.439 e. The Morgan fingerprint density at radius 1 is 1.44 bits per heavy atom. The van der Waals surface area contributed by atoms with Gasteiger partial charge in [-0.2, -0.15) is 0 Å². The van der Waals surface area contributed by atoms with Crippen molar-refractivity contribution < 1.29 is 4.42 Å². The highest BCUT2D eigenvalue weighted by molar-refractivity contribution is 5.75. The standard InChI is InChI=1S/C13H14N2O/c1-2-10-4-5-12-11(8-10)14-13(16-12)9-15-6-3-7-15/h2,4-5,8H,1,3,6-7,9H2. The first kappa shape index (κ1) is 9.60. The number of aromatic nitrogens is 1. The van der Waals surface area contributed by atoms with Crippen molar-refractivity contribution >= 4 is 17.2 Å². The topological polar surface area (TPSA) is 29.3 Å². The molecule has 0 saturated carbocycles. The lowest BCUT2D eigenvalue weighted by molar-refractivity contribution is 0.157. The summed E-state index contributed by atoms with van der Waals surface area (Å²) in [4.78, 5) is 6.82. The zero-order valence-corrected chi connectivity index (χ0v) is 9.15. The van der Waals surface area contributed by atoms with Crippen LogP contribution in [0.2, 0.25) is 0 Å². The second-order valence-corrected chi connectivity index (χ2v) is 4.17. The lowest BCUT2D eigenvalue weighted by atomic mass is 10.2. The van der Waals surface area contributed by atoms with Crippen molar-refractivity contribution in [1.82, 2.24) is 9.88 Å². The van der Waals surface area contributed by atoms with E-state index >= 15 is 0 Å². The van der Waals surface area contributed by atoms with Crippen LogP contribution in [0.5, 0.6) is 0 Å². The summed E-state index contributed by atoms with van der Waals surface area (Å²) in [5, 5.41) is 0. The molecular weight excluding hydrogens is 200 g/mol. The van der Waals surface area contributed by atoms with Crippen LogP contribution >= 0.6 is 0 Å². The fourth-order valence-electron chi connectivity index (χ4n) is 1.92. The quantitative estimate of drug-likeness (QED) is 0.786. The molecule has 16 heavy (non-hydrogen) atoms. The van der Waals surface area contributed by atoms with E-state index in [1.54, 1.807) is 0 Å². The van der Waals surface area contributed by atoms with Gasteiger partial charge in [-0.1, -0.05) is 18.7 Å². The summed E-state index contributed by atoms with van der Waals surface area (Å²) in [6, 6.07) is 5.96. The van der Waals surface area contributed by atoms with Crippen molar-refractivity contribution in [3.05, 3.63) is 36.2 Å². The Morgan fingerprint density at radius 2 is 2.31 bits per heavy atom. The van der Waals surface area contributed by atoms with Crippen LogP contribution in [0.1, 0.15) is 17.9 Å². The van der Waals surface area contributed by atoms with Gasteiger partial charge in [0.1, 0.15) is 5.52 Å². The third-order valence-electron chi connectivity index (χ3n) is 3.00. The lowest BCUT2D eigenvalue weighted by Gasteiger charge is -2.28. The number of benzene rings is 1. The van der Waals surface area contributed by atoms with Crippen LogP contribution in [0.15, 0.2) is 29.2 Å². The number of fused-ring (bicyclic) bond motifs is 1. The van der Waals surface area contributed by atoms with Crippen molar-refractivity contribution in [2.75, 3.05) is 13.1 Å². The maximum atomic E-state index is 5.69. The van der Waals surface area contributed by atoms with Crippen molar-refractivity contribution in [2.24, 2.45) is 0 Å². The van der Waals surface area contributed by atoms with Gasteiger partial charge in [0, 0.05) is 0 Å². The molecule has 3 rings (SSSR count). The first-order valence-electron chi connectivity index (χ1n) is 5.59. The van der Waals surface area contributed by atoms with E-state index in [0.29, 0.717) is 0 Å². The van der Waals surface area contributed by atoms with Crippen LogP contribution in [-0.2, 0) is 6.54 Å². The molecule has 0 bridgehead atoms. The minimum Gasteiger partial charge on any atom is -0.439 e. The van der Waals surface area contributed by atoms with Gasteiger partial charge in [0.15, 0.2) is 5.58 Å². The Kier molecular flexibility index (Phi) is 2.26. The third kappa shape index (κ3) is 1.63. The molecule has 0 radical (unpaired) electrons. The summed E-state index contributed by atoms with van der Waals surface area (Å²) in [5.41, 5.74) is 2.87. The minimum absolute atomic E-state index is 0.816. The van der Waals surface area contributed by atoms with Gasteiger partial charge in [-0.3, -0.25) is 4.90 Å². The minimum atomic E-state index is 0.816. The lowest BCUT2D eigenvalue weighted by Crippen LogP contribution is -2.36. The second-order valence-electron chi connectivity index (χ2n) is 4.17. The van der Waals surface area contributed by atoms with Gasteiger partial charge in [0.05, 0.1) is 6.54 Å². The Bertz CT molecular complexity index is 526. The van der Waals surface area contributed by atoms with Crippen LogP contribution in [-0.4, -0.2) is 23.0 Å². The van der Waals surface area contributed by atoms with Gasteiger partial charge in [0.2, 0.25) is 5.89 Å². The highest BCUT2D eigenvalue weighted by atomic mass is 16.3. The van der Waals surface area contributed by atoms with Crippen molar-refractivity contribution in [1.29, 1.82) is 0 Å². The molecule has 82 valence electrons. The van der Waals surface area contributed by atoms with E-state index in [0.717, 1.165) is 42.2 Å². The van der Waals surface area contributed by atoms with Crippen LogP contribution < -0.4 is 0 Å². The first-order valence-corrected chi connectivity index (χ1v) is 5.59. The molecule has 2 heterocycles. The van der Waals surface area contributed by atoms with E-state index in [1.807, 2.05) is 24.3 Å². The summed E-state index contributed by atoms with van der Waals surface area (Å²) in [5.74, 6) is 0.816. The predicted octanol–water partition coefficient (Wildman–Crippen LogP) is 2.68. The summed E-state index contributed by atoms with van der Waals surface area (Å²) < 4.78 is 5.69. The first-order chi connectivity index (χ1) is 7.85. The van der Waals surface area contributed by atoms with Gasteiger partial charge >= 0.3 is 0 Å². The average molecular weight is 214 g/mol. The average Bonchev–Trinajstić information content (AvgIpc) is 2.64. The maximum absolute atomic E-state index is 5.69. The van der Waals surface area contributed by atoms with Crippen LogP contribution in [0.25, 0.3) is 17.2 Å². The molecule has 1 aromatic heterocycles. The van der Waals surface area contributed by atoms with E-state index in [-0.39, 0.29) is 0 Å². The van der Waals surface area contributed by atoms with Gasteiger partial charge < -0.3 is 4.42 Å². The summed E-state index contributed by atoms with van der Waals surface area (Å²) in [6.07, 6.45) is 3.12. The summed E-state index contributed by atoms with van der Waals surface area (Å²) in [7, 11) is 0. The molecule has 1 aliphatic heterocycles. The molecule has 2 aromatic rings. The van der Waals surface area contributed by atoms with Crippen LogP contribution in [0.3, 0.4) is 0 Å². The van der Waals surface area contributed by atoms with E-state index in [1.165, 1.54) is 6.42 Å². The number of oxazole rings is 1. The molecule has 0 atom stereocenters. The summed E-state index contributed by atoms with van der Waals surface area (Å²) in [6.45, 7) is 6.91. The second kappa shape index (κ2) is 3.76. The molecular formula is C13H14N2O. The van der Waals surface area contributed by atoms with Crippen LogP contribution in [0, 0.1) is 0 Å². The zero-order chi connectivity index (χ0) is 11.0. The molecule has 3 nitrogen and oxygen atoms in total. The number of likely N-dealkylation sites (tertiary alicyclic amines) is 1. The molecule has 1 fully saturated rings. The van der Waals surface area contributed by atoms with Crippen molar-refractivity contribution in [3.8, 4) is 0 Å². The molecule has 0 spiro atoms. The number of rotatable bonds is 3. The molecule has 1 saturated heterocycles. The van der Waals surface area contributed by atoms with E-state index < -0.39 is 0 Å². The highest BCUT2D eigenvalue weighted by Gasteiger charge is 2.16. The maximum Gasteiger partial charge on any atom is 0.209 e. The monoisotopic (exact) mass is 214 g/mol. The highest BCUT2D eigenvalue weighted by Crippen LogP contribution is 2.20. The van der Waals surface area contributed by atoms with E-state index in [2.05, 4.69) is 16.5 Å². The number of nitrogens with zero attached hydrogens (tertiary/aromatic N) is 2. The van der Waals surface area contributed by atoms with Crippen molar-refractivity contribution in [2.45, 2.75) is 13.0 Å². The summed E-state index contributed by atoms with van der Waals surface area (Å²) >= 11 is 0. The van der Waals surface area contributed by atoms with E-state index in [4.69, 9.17) is 4.42 Å². The van der Waals surface area contributed by atoms with Gasteiger partial charge in [-0.25, -0.2) is 4.98 Å². The Hall–Kier alpha value is -1.61. The number of hydrogen-bond donors (Lipinski definition) is 0. The number of hydrogen-bond acceptors (Lipinski definition) is 3. The van der Waals surface area contributed by atoms with Gasteiger partial charge in [0.25, 0.3) is 0 Å². The zero-order valence-electron chi connectivity index (χ0n) is 9.15. The third-order valence-corrected chi connectivity index (χ3v) is 3.00. The fraction of sp³-hybridized carbons (Fsp3) is 0.308. The molecule has 1 aliphatic rings. The smallest absolute Gasteiger partial charge is 0.209 e.